The molecule has 1 N–H and O–H groups in total. The summed E-state index contributed by atoms with van der Waals surface area (Å²) in [6.07, 6.45) is 4.07. The van der Waals surface area contributed by atoms with Gasteiger partial charge in [-0.15, -0.1) is 16.4 Å². The molecular weight excluding hydrogens is 468 g/mol. The number of nitrogens with zero attached hydrogens (tertiary/aromatic N) is 5. The first kappa shape index (κ1) is 24.2. The SMILES string of the molecule is CCC(C)(C)C1CCc2c(sc(NC(=O)CSc3nnnn3-c3ccc(OC)cc3)c2C#N)C1. The number of hydrogen-bond donors (Lipinski definition) is 1. The van der Waals surface area contributed by atoms with Gasteiger partial charge >= 0.3 is 0 Å². The van der Waals surface area contributed by atoms with Crippen molar-refractivity contribution in [1.29, 1.82) is 5.26 Å². The van der Waals surface area contributed by atoms with Crippen molar-refractivity contribution in [1.82, 2.24) is 20.2 Å². The zero-order chi connectivity index (χ0) is 24.3. The van der Waals surface area contributed by atoms with Gasteiger partial charge in [0.2, 0.25) is 11.1 Å². The maximum atomic E-state index is 12.8. The van der Waals surface area contributed by atoms with Crippen molar-refractivity contribution in [3.8, 4) is 17.5 Å². The molecule has 0 fully saturated rings. The number of hydrogen-bond acceptors (Lipinski definition) is 8. The second-order valence-electron chi connectivity index (χ2n) is 9.01. The fourth-order valence-electron chi connectivity index (χ4n) is 4.20. The summed E-state index contributed by atoms with van der Waals surface area (Å²) in [5, 5.41) is 25.7. The Labute approximate surface area is 207 Å². The standard InChI is InChI=1S/C24H28N6O2S2/c1-5-24(2,3)15-6-11-18-19(13-25)22(34-20(18)12-15)26-21(31)14-33-23-27-28-29-30(23)16-7-9-17(32-4)10-8-16/h7-10,15H,5-6,11-12,14H2,1-4H3,(H,26,31). The van der Waals surface area contributed by atoms with E-state index in [2.05, 4.69) is 47.7 Å². The predicted octanol–water partition coefficient (Wildman–Crippen LogP) is 4.88. The smallest absolute Gasteiger partial charge is 0.235 e. The average Bonchev–Trinajstić information content (AvgIpc) is 3.46. The van der Waals surface area contributed by atoms with Gasteiger partial charge in [0.05, 0.1) is 24.1 Å². The number of anilines is 1. The molecule has 178 valence electrons. The van der Waals surface area contributed by atoms with Gasteiger partial charge in [0.15, 0.2) is 0 Å². The minimum atomic E-state index is -0.185. The number of nitriles is 1. The monoisotopic (exact) mass is 496 g/mol. The minimum Gasteiger partial charge on any atom is -0.497 e. The van der Waals surface area contributed by atoms with Crippen LogP contribution in [0.15, 0.2) is 29.4 Å². The number of thioether (sulfide) groups is 1. The Hall–Kier alpha value is -2.90. The Morgan fingerprint density at radius 1 is 1.38 bits per heavy atom. The molecule has 1 aliphatic carbocycles. The normalized spacial score (nSPS) is 15.4. The summed E-state index contributed by atoms with van der Waals surface area (Å²) in [6.45, 7) is 6.88. The summed E-state index contributed by atoms with van der Waals surface area (Å²) in [4.78, 5) is 14.0. The van der Waals surface area contributed by atoms with E-state index in [1.165, 1.54) is 16.6 Å². The van der Waals surface area contributed by atoms with E-state index >= 15 is 0 Å². The number of carbonyl (C=O) groups excluding carboxylic acids is 1. The second-order valence-corrected chi connectivity index (χ2v) is 11.1. The van der Waals surface area contributed by atoms with Gasteiger partial charge in [0, 0.05) is 4.88 Å². The summed E-state index contributed by atoms with van der Waals surface area (Å²) in [5.74, 6) is 1.28. The van der Waals surface area contributed by atoms with Crippen LogP contribution in [-0.4, -0.2) is 39.0 Å². The van der Waals surface area contributed by atoms with Crippen molar-refractivity contribution in [2.24, 2.45) is 11.3 Å². The fraction of sp³-hybridized carbons (Fsp3) is 0.458. The van der Waals surface area contributed by atoms with E-state index in [1.807, 2.05) is 24.3 Å². The highest BCUT2D eigenvalue weighted by Gasteiger charge is 2.34. The van der Waals surface area contributed by atoms with Crippen molar-refractivity contribution in [3.63, 3.8) is 0 Å². The van der Waals surface area contributed by atoms with Gasteiger partial charge in [-0.3, -0.25) is 4.79 Å². The molecule has 1 amide bonds. The molecule has 1 aromatic carbocycles. The van der Waals surface area contributed by atoms with Gasteiger partial charge in [-0.1, -0.05) is 39.0 Å². The van der Waals surface area contributed by atoms with Gasteiger partial charge < -0.3 is 10.1 Å². The van der Waals surface area contributed by atoms with Gasteiger partial charge in [-0.2, -0.15) is 9.94 Å². The number of rotatable bonds is 8. The first-order chi connectivity index (χ1) is 16.4. The summed E-state index contributed by atoms with van der Waals surface area (Å²) >= 11 is 2.80. The van der Waals surface area contributed by atoms with E-state index in [-0.39, 0.29) is 17.1 Å². The van der Waals surface area contributed by atoms with Crippen LogP contribution in [0.25, 0.3) is 5.69 Å². The molecule has 1 aliphatic rings. The number of thiophene rings is 1. The highest BCUT2D eigenvalue weighted by atomic mass is 32.2. The number of nitrogens with one attached hydrogen (secondary N) is 1. The number of carbonyl (C=O) groups is 1. The van der Waals surface area contributed by atoms with Crippen molar-refractivity contribution >= 4 is 34.0 Å². The Balaban J connectivity index is 1.43. The van der Waals surface area contributed by atoms with Crippen LogP contribution in [0.1, 0.15) is 49.6 Å². The number of ether oxygens (including phenoxy) is 1. The Kier molecular flexibility index (Phi) is 7.24. The number of fused-ring (bicyclic) bond motifs is 1. The molecule has 8 nitrogen and oxygen atoms in total. The zero-order valence-electron chi connectivity index (χ0n) is 19.8. The van der Waals surface area contributed by atoms with Crippen LogP contribution >= 0.6 is 23.1 Å². The molecule has 2 aromatic heterocycles. The highest BCUT2D eigenvalue weighted by Crippen LogP contribution is 2.45. The molecule has 0 saturated heterocycles. The van der Waals surface area contributed by atoms with Crippen molar-refractivity contribution in [2.75, 3.05) is 18.2 Å². The molecule has 0 radical (unpaired) electrons. The predicted molar refractivity (Wildman–Crippen MR) is 134 cm³/mol. The summed E-state index contributed by atoms with van der Waals surface area (Å²) < 4.78 is 6.77. The van der Waals surface area contributed by atoms with Crippen molar-refractivity contribution in [2.45, 2.75) is 51.6 Å². The summed E-state index contributed by atoms with van der Waals surface area (Å²) in [6, 6.07) is 9.68. The number of amides is 1. The third-order valence-electron chi connectivity index (χ3n) is 6.74. The number of methoxy groups -OCH3 is 1. The van der Waals surface area contributed by atoms with Gasteiger partial charge in [0.25, 0.3) is 0 Å². The number of tetrazole rings is 1. The van der Waals surface area contributed by atoms with Crippen LogP contribution in [0.4, 0.5) is 5.00 Å². The Morgan fingerprint density at radius 2 is 2.15 bits per heavy atom. The molecule has 34 heavy (non-hydrogen) atoms. The van der Waals surface area contributed by atoms with E-state index in [9.17, 15) is 10.1 Å². The molecule has 10 heteroatoms. The van der Waals surface area contributed by atoms with Crippen LogP contribution in [-0.2, 0) is 17.6 Å². The van der Waals surface area contributed by atoms with Crippen molar-refractivity contribution < 1.29 is 9.53 Å². The van der Waals surface area contributed by atoms with Crippen LogP contribution in [0, 0.1) is 22.7 Å². The lowest BCUT2D eigenvalue weighted by Crippen LogP contribution is -2.28. The summed E-state index contributed by atoms with van der Waals surface area (Å²) in [7, 11) is 1.61. The molecule has 1 unspecified atom stereocenters. The van der Waals surface area contributed by atoms with E-state index in [1.54, 1.807) is 23.1 Å². The van der Waals surface area contributed by atoms with Gasteiger partial charge in [0.1, 0.15) is 16.8 Å². The van der Waals surface area contributed by atoms with Crippen molar-refractivity contribution in [3.05, 3.63) is 40.3 Å². The maximum absolute atomic E-state index is 12.8. The second kappa shape index (κ2) is 10.2. The van der Waals surface area contributed by atoms with Crippen LogP contribution in [0.5, 0.6) is 5.75 Å². The van der Waals surface area contributed by atoms with E-state index in [0.29, 0.717) is 21.6 Å². The van der Waals surface area contributed by atoms with E-state index < -0.39 is 0 Å². The molecule has 0 bridgehead atoms. The first-order valence-corrected chi connectivity index (χ1v) is 13.1. The van der Waals surface area contributed by atoms with Crippen LogP contribution in [0.3, 0.4) is 0 Å². The third kappa shape index (κ3) is 4.95. The molecule has 3 aromatic rings. The maximum Gasteiger partial charge on any atom is 0.235 e. The van der Waals surface area contributed by atoms with E-state index in [4.69, 9.17) is 4.74 Å². The average molecular weight is 497 g/mol. The number of benzene rings is 1. The third-order valence-corrected chi connectivity index (χ3v) is 8.83. The Bertz CT molecular complexity index is 1210. The molecule has 0 aliphatic heterocycles. The lowest BCUT2D eigenvalue weighted by atomic mass is 9.69. The molecule has 2 heterocycles. The largest absolute Gasteiger partial charge is 0.497 e. The Morgan fingerprint density at radius 3 is 2.82 bits per heavy atom. The zero-order valence-corrected chi connectivity index (χ0v) is 21.4. The fourth-order valence-corrected chi connectivity index (χ4v) is 6.18. The quantitative estimate of drug-likeness (QED) is 0.443. The number of aromatic nitrogens is 4. The molecule has 0 spiro atoms. The minimum absolute atomic E-state index is 0.134. The topological polar surface area (TPSA) is 106 Å². The molecule has 4 rings (SSSR count). The van der Waals surface area contributed by atoms with E-state index in [0.717, 1.165) is 42.7 Å². The molecular formula is C24H28N6O2S2. The van der Waals surface area contributed by atoms with Crippen LogP contribution < -0.4 is 10.1 Å². The molecule has 0 saturated carbocycles. The molecule has 1 atom stereocenters. The van der Waals surface area contributed by atoms with Gasteiger partial charge in [-0.05, 0) is 70.9 Å². The summed E-state index contributed by atoms with van der Waals surface area (Å²) in [5.41, 5.74) is 2.77. The van der Waals surface area contributed by atoms with Gasteiger partial charge in [-0.25, -0.2) is 0 Å². The lowest BCUT2D eigenvalue weighted by Gasteiger charge is -2.36. The lowest BCUT2D eigenvalue weighted by molar-refractivity contribution is -0.113. The first-order valence-electron chi connectivity index (χ1n) is 11.3. The van der Waals surface area contributed by atoms with Crippen LogP contribution in [0.2, 0.25) is 0 Å². The highest BCUT2D eigenvalue weighted by molar-refractivity contribution is 7.99.